The van der Waals surface area contributed by atoms with Gasteiger partial charge in [0.2, 0.25) is 0 Å². The minimum atomic E-state index is -5.09. The number of aromatic carboxylic acids is 1. The summed E-state index contributed by atoms with van der Waals surface area (Å²) in [7, 11) is -5.09. The van der Waals surface area contributed by atoms with Crippen molar-refractivity contribution in [3.05, 3.63) is 23.8 Å². The van der Waals surface area contributed by atoms with Gasteiger partial charge >= 0.3 is 65.1 Å². The van der Waals surface area contributed by atoms with Crippen molar-refractivity contribution >= 4 is 16.4 Å². The van der Waals surface area contributed by atoms with Gasteiger partial charge in [-0.2, -0.15) is 0 Å². The molecule has 0 atom stereocenters. The van der Waals surface area contributed by atoms with Crippen LogP contribution in [0, 0.1) is 0 Å². The van der Waals surface area contributed by atoms with E-state index >= 15 is 0 Å². The van der Waals surface area contributed by atoms with Gasteiger partial charge in [0.1, 0.15) is 5.75 Å². The van der Waals surface area contributed by atoms with E-state index in [-0.39, 0.29) is 64.7 Å². The van der Waals surface area contributed by atoms with Crippen LogP contribution < -0.4 is 68.4 Å². The molecule has 0 aliphatic rings. The zero-order valence-electron chi connectivity index (χ0n) is 9.04. The van der Waals surface area contributed by atoms with Gasteiger partial charge in [-0.3, -0.25) is 0 Å². The predicted octanol–water partition coefficient (Wildman–Crippen LogP) is -6.69. The third-order valence-corrected chi connectivity index (χ3v) is 1.77. The molecule has 0 unspecified atom stereocenters. The monoisotopic (exact) mass is 278 g/mol. The Kier molecular flexibility index (Phi) is 8.73. The standard InChI is InChI=1S/C7H6O7S.2Na/c8-5-2-1-4(7(9)10)3-6(5)14-15(11,12)13;;/h1-3,8H,(H,9,10)(H,11,12,13);;/q;2*+1/p-2. The largest absolute Gasteiger partial charge is 1.00 e. The van der Waals surface area contributed by atoms with Crippen molar-refractivity contribution in [3.8, 4) is 11.5 Å². The Balaban J connectivity index is 0. The average molecular weight is 278 g/mol. The number of carboxylic acids is 1. The fraction of sp³-hybridized carbons (Fsp3) is 0. The Bertz CT molecular complexity index is 499. The fourth-order valence-electron chi connectivity index (χ4n) is 0.816. The molecule has 1 N–H and O–H groups in total. The van der Waals surface area contributed by atoms with Crippen LogP contribution in [0.1, 0.15) is 10.4 Å². The van der Waals surface area contributed by atoms with Crippen molar-refractivity contribution in [1.29, 1.82) is 0 Å². The molecule has 0 heterocycles. The Hall–Kier alpha value is 0.200. The Labute approximate surface area is 141 Å². The molecule has 10 heteroatoms. The third kappa shape index (κ3) is 6.63. The van der Waals surface area contributed by atoms with Gasteiger partial charge in [-0.15, -0.1) is 0 Å². The Morgan fingerprint density at radius 2 is 1.82 bits per heavy atom. The fourth-order valence-corrected chi connectivity index (χ4v) is 1.17. The van der Waals surface area contributed by atoms with Gasteiger partial charge in [-0.1, -0.05) is 11.8 Å². The first-order valence-corrected chi connectivity index (χ1v) is 4.82. The molecule has 0 aliphatic carbocycles. The number of carbonyl (C=O) groups is 1. The molecule has 17 heavy (non-hydrogen) atoms. The van der Waals surface area contributed by atoms with Gasteiger partial charge in [-0.05, 0) is 12.1 Å². The summed E-state index contributed by atoms with van der Waals surface area (Å²) in [5, 5.41) is 19.5. The minimum Gasteiger partial charge on any atom is -0.870 e. The van der Waals surface area contributed by atoms with Crippen molar-refractivity contribution in [2.24, 2.45) is 0 Å². The maximum Gasteiger partial charge on any atom is 1.00 e. The predicted molar refractivity (Wildman–Crippen MR) is 43.2 cm³/mol. The number of benzene rings is 1. The van der Waals surface area contributed by atoms with Crippen LogP contribution in [0.5, 0.6) is 11.5 Å². The van der Waals surface area contributed by atoms with Crippen LogP contribution in [-0.4, -0.2) is 24.0 Å². The van der Waals surface area contributed by atoms with Crippen LogP contribution in [0.3, 0.4) is 0 Å². The maximum atomic E-state index is 11.0. The van der Waals surface area contributed by atoms with E-state index in [1.165, 1.54) is 0 Å². The van der Waals surface area contributed by atoms with Crippen LogP contribution in [0.2, 0.25) is 0 Å². The van der Waals surface area contributed by atoms with E-state index in [9.17, 15) is 22.9 Å². The molecular formula is C7H4Na2O7S. The first kappa shape index (κ1) is 19.5. The zero-order chi connectivity index (χ0) is 11.6. The first-order chi connectivity index (χ1) is 6.79. The molecule has 1 aromatic carbocycles. The van der Waals surface area contributed by atoms with Gasteiger partial charge in [0.25, 0.3) is 10.4 Å². The summed E-state index contributed by atoms with van der Waals surface area (Å²) in [6.07, 6.45) is 0. The number of carboxylic acid groups (broad SMARTS) is 1. The molecule has 0 fully saturated rings. The van der Waals surface area contributed by atoms with Crippen LogP contribution in [0.15, 0.2) is 18.2 Å². The minimum absolute atomic E-state index is 0. The Morgan fingerprint density at radius 3 is 2.24 bits per heavy atom. The first-order valence-electron chi connectivity index (χ1n) is 3.49. The van der Waals surface area contributed by atoms with E-state index < -0.39 is 27.9 Å². The summed E-state index contributed by atoms with van der Waals surface area (Å²) in [5.41, 5.74) is -0.353. The molecule has 7 nitrogen and oxygen atoms in total. The summed E-state index contributed by atoms with van der Waals surface area (Å²) < 4.78 is 34.3. The van der Waals surface area contributed by atoms with E-state index in [4.69, 9.17) is 5.11 Å². The zero-order valence-corrected chi connectivity index (χ0v) is 13.9. The second-order valence-electron chi connectivity index (χ2n) is 2.46. The molecule has 0 amide bonds. The smallest absolute Gasteiger partial charge is 0.870 e. The van der Waals surface area contributed by atoms with Crippen LogP contribution in [-0.2, 0) is 10.4 Å². The quantitative estimate of drug-likeness (QED) is 0.331. The summed E-state index contributed by atoms with van der Waals surface area (Å²) >= 11 is 0. The second kappa shape index (κ2) is 7.59. The summed E-state index contributed by atoms with van der Waals surface area (Å²) in [6.45, 7) is 0. The number of hydrogen-bond donors (Lipinski definition) is 1. The molecule has 0 saturated heterocycles. The van der Waals surface area contributed by atoms with Gasteiger partial charge in [0.05, 0.1) is 5.56 Å². The van der Waals surface area contributed by atoms with Crippen molar-refractivity contribution in [2.45, 2.75) is 0 Å². The molecule has 1 rings (SSSR count). The van der Waals surface area contributed by atoms with Crippen molar-refractivity contribution in [3.63, 3.8) is 0 Å². The van der Waals surface area contributed by atoms with E-state index in [0.29, 0.717) is 6.07 Å². The van der Waals surface area contributed by atoms with E-state index in [2.05, 4.69) is 4.18 Å². The number of hydrogen-bond acceptors (Lipinski definition) is 6. The SMILES string of the molecule is O=C(O)c1ccc([O-])c(OS(=O)(=O)[O-])c1.[Na+].[Na+]. The van der Waals surface area contributed by atoms with E-state index in [1.54, 1.807) is 0 Å². The molecule has 0 spiro atoms. The molecule has 0 bridgehead atoms. The topological polar surface area (TPSA) is 127 Å². The molecule has 0 aromatic heterocycles. The van der Waals surface area contributed by atoms with Crippen LogP contribution in [0.4, 0.5) is 0 Å². The van der Waals surface area contributed by atoms with Gasteiger partial charge in [-0.25, -0.2) is 13.2 Å². The summed E-state index contributed by atoms with van der Waals surface area (Å²) in [4.78, 5) is 10.4. The van der Waals surface area contributed by atoms with E-state index in [1.807, 2.05) is 0 Å². The van der Waals surface area contributed by atoms with Gasteiger partial charge in [0, 0.05) is 0 Å². The average Bonchev–Trinajstić information content (AvgIpc) is 2.06. The molecule has 0 radical (unpaired) electrons. The van der Waals surface area contributed by atoms with Crippen LogP contribution >= 0.6 is 0 Å². The maximum absolute atomic E-state index is 11.0. The second-order valence-corrected chi connectivity index (χ2v) is 3.44. The van der Waals surface area contributed by atoms with Crippen molar-refractivity contribution < 1.29 is 91.3 Å². The van der Waals surface area contributed by atoms with E-state index in [0.717, 1.165) is 12.1 Å². The molecule has 1 aromatic rings. The van der Waals surface area contributed by atoms with Crippen molar-refractivity contribution in [1.82, 2.24) is 0 Å². The number of rotatable bonds is 3. The summed E-state index contributed by atoms with van der Waals surface area (Å²) in [5.74, 6) is -3.09. The molecule has 0 aliphatic heterocycles. The van der Waals surface area contributed by atoms with Crippen LogP contribution in [0.25, 0.3) is 0 Å². The Morgan fingerprint density at radius 1 is 1.29 bits per heavy atom. The summed E-state index contributed by atoms with van der Waals surface area (Å²) in [6, 6.07) is 2.43. The normalized spacial score (nSPS) is 9.71. The molecular weight excluding hydrogens is 274 g/mol. The van der Waals surface area contributed by atoms with Gasteiger partial charge in [0.15, 0.2) is 0 Å². The third-order valence-electron chi connectivity index (χ3n) is 1.38. The van der Waals surface area contributed by atoms with Crippen molar-refractivity contribution in [2.75, 3.05) is 0 Å². The van der Waals surface area contributed by atoms with Gasteiger partial charge < -0.3 is 18.9 Å². The molecule has 0 saturated carbocycles. The molecule has 82 valence electrons.